The van der Waals surface area contributed by atoms with Crippen molar-refractivity contribution >= 4 is 0 Å². The van der Waals surface area contributed by atoms with E-state index < -0.39 is 0 Å². The molecule has 0 saturated heterocycles. The molecule has 0 aliphatic carbocycles. The van der Waals surface area contributed by atoms with Crippen LogP contribution in [-0.2, 0) is 16.0 Å². The van der Waals surface area contributed by atoms with Gasteiger partial charge in [0.1, 0.15) is 0 Å². The summed E-state index contributed by atoms with van der Waals surface area (Å²) in [6.45, 7) is 3.34. The van der Waals surface area contributed by atoms with E-state index in [1.165, 1.54) is 5.56 Å². The first kappa shape index (κ1) is 16.8. The normalized spacial score (nSPS) is 10.6. The third-order valence-electron chi connectivity index (χ3n) is 2.73. The highest BCUT2D eigenvalue weighted by atomic mass is 16.5. The molecule has 1 N–H and O–H groups in total. The average molecular weight is 283 g/mol. The minimum Gasteiger partial charge on any atom is -0.493 e. The third kappa shape index (κ3) is 6.23. The molecular formula is C15H25NO4. The third-order valence-corrected chi connectivity index (χ3v) is 2.73. The molecule has 0 aliphatic heterocycles. The van der Waals surface area contributed by atoms with E-state index in [0.717, 1.165) is 24.5 Å². The van der Waals surface area contributed by atoms with Crippen LogP contribution < -0.4 is 14.8 Å². The predicted octanol–water partition coefficient (Wildman–Crippen LogP) is 1.85. The van der Waals surface area contributed by atoms with E-state index in [2.05, 4.69) is 5.32 Å². The standard InChI is InChI=1S/C15H25NO4/c1-16-12-13-5-6-14(15(11-13)18-3)20-8-4-7-19-10-9-17-2/h5-6,11,16H,4,7-10,12H2,1-3H3. The predicted molar refractivity (Wildman–Crippen MR) is 78.6 cm³/mol. The minimum absolute atomic E-state index is 0.606. The molecule has 5 nitrogen and oxygen atoms in total. The van der Waals surface area contributed by atoms with Gasteiger partial charge in [0.25, 0.3) is 0 Å². The van der Waals surface area contributed by atoms with Crippen LogP contribution in [0.1, 0.15) is 12.0 Å². The van der Waals surface area contributed by atoms with Crippen molar-refractivity contribution < 1.29 is 18.9 Å². The molecule has 1 aromatic rings. The van der Waals surface area contributed by atoms with Crippen molar-refractivity contribution in [1.29, 1.82) is 0 Å². The van der Waals surface area contributed by atoms with Crippen molar-refractivity contribution in [2.24, 2.45) is 0 Å². The minimum atomic E-state index is 0.606. The quantitative estimate of drug-likeness (QED) is 0.628. The summed E-state index contributed by atoms with van der Waals surface area (Å²) in [6, 6.07) is 5.96. The van der Waals surface area contributed by atoms with Gasteiger partial charge in [0.15, 0.2) is 11.5 Å². The SMILES string of the molecule is CNCc1ccc(OCCCOCCOC)c(OC)c1. The number of hydrogen-bond donors (Lipinski definition) is 1. The largest absolute Gasteiger partial charge is 0.493 e. The molecule has 0 aliphatic rings. The second-order valence-electron chi connectivity index (χ2n) is 4.32. The van der Waals surface area contributed by atoms with Crippen LogP contribution in [-0.4, -0.2) is 47.7 Å². The zero-order valence-corrected chi connectivity index (χ0v) is 12.6. The topological polar surface area (TPSA) is 49.0 Å². The van der Waals surface area contributed by atoms with Crippen molar-refractivity contribution in [3.8, 4) is 11.5 Å². The molecule has 0 spiro atoms. The van der Waals surface area contributed by atoms with Crippen LogP contribution in [0.3, 0.4) is 0 Å². The van der Waals surface area contributed by atoms with Crippen LogP contribution >= 0.6 is 0 Å². The second-order valence-corrected chi connectivity index (χ2v) is 4.32. The van der Waals surface area contributed by atoms with Crippen LogP contribution in [0.15, 0.2) is 18.2 Å². The van der Waals surface area contributed by atoms with Gasteiger partial charge in [-0.25, -0.2) is 0 Å². The molecule has 0 amide bonds. The van der Waals surface area contributed by atoms with E-state index in [1.807, 2.05) is 25.2 Å². The fraction of sp³-hybridized carbons (Fsp3) is 0.600. The number of ether oxygens (including phenoxy) is 4. The summed E-state index contributed by atoms with van der Waals surface area (Å²) in [5.41, 5.74) is 1.17. The summed E-state index contributed by atoms with van der Waals surface area (Å²) in [5.74, 6) is 1.53. The number of rotatable bonds is 11. The van der Waals surface area contributed by atoms with Gasteiger partial charge in [-0.1, -0.05) is 6.07 Å². The molecular weight excluding hydrogens is 258 g/mol. The van der Waals surface area contributed by atoms with Crippen molar-refractivity contribution in [2.45, 2.75) is 13.0 Å². The van der Waals surface area contributed by atoms with Crippen LogP contribution in [0.2, 0.25) is 0 Å². The van der Waals surface area contributed by atoms with Crippen molar-refractivity contribution in [3.05, 3.63) is 23.8 Å². The Kier molecular flexibility index (Phi) is 8.78. The summed E-state index contributed by atoms with van der Waals surface area (Å²) < 4.78 is 21.3. The molecule has 0 unspecified atom stereocenters. The molecule has 1 aromatic carbocycles. The molecule has 5 heteroatoms. The van der Waals surface area contributed by atoms with Crippen molar-refractivity contribution in [3.63, 3.8) is 0 Å². The van der Waals surface area contributed by atoms with Gasteiger partial charge in [0.2, 0.25) is 0 Å². The Morgan fingerprint density at radius 1 is 1.00 bits per heavy atom. The highest BCUT2D eigenvalue weighted by Crippen LogP contribution is 2.28. The molecule has 0 bridgehead atoms. The molecule has 20 heavy (non-hydrogen) atoms. The maximum absolute atomic E-state index is 5.71. The highest BCUT2D eigenvalue weighted by Gasteiger charge is 2.05. The Bertz CT molecular complexity index is 371. The first-order valence-corrected chi connectivity index (χ1v) is 6.82. The van der Waals surface area contributed by atoms with Gasteiger partial charge >= 0.3 is 0 Å². The lowest BCUT2D eigenvalue weighted by atomic mass is 10.2. The average Bonchev–Trinajstić information content (AvgIpc) is 2.47. The monoisotopic (exact) mass is 283 g/mol. The van der Waals surface area contributed by atoms with Crippen molar-refractivity contribution in [1.82, 2.24) is 5.32 Å². The summed E-state index contributed by atoms with van der Waals surface area (Å²) in [7, 11) is 5.23. The molecule has 0 atom stereocenters. The number of nitrogens with one attached hydrogen (secondary N) is 1. The van der Waals surface area contributed by atoms with Gasteiger partial charge in [-0.3, -0.25) is 0 Å². The Hall–Kier alpha value is -1.30. The Balaban J connectivity index is 2.32. The molecule has 0 saturated carbocycles. The van der Waals surface area contributed by atoms with Crippen LogP contribution in [0.5, 0.6) is 11.5 Å². The van der Waals surface area contributed by atoms with Gasteiger partial charge in [0.05, 0.1) is 26.9 Å². The first-order valence-electron chi connectivity index (χ1n) is 6.82. The molecule has 0 aromatic heterocycles. The lowest BCUT2D eigenvalue weighted by Crippen LogP contribution is -2.08. The van der Waals surface area contributed by atoms with Crippen LogP contribution in [0, 0.1) is 0 Å². The van der Waals surface area contributed by atoms with Gasteiger partial charge in [-0.15, -0.1) is 0 Å². The molecule has 0 radical (unpaired) electrons. The van der Waals surface area contributed by atoms with Crippen molar-refractivity contribution in [2.75, 3.05) is 47.7 Å². The zero-order valence-electron chi connectivity index (χ0n) is 12.6. The number of benzene rings is 1. The second kappa shape index (κ2) is 10.5. The molecule has 114 valence electrons. The summed E-state index contributed by atoms with van der Waals surface area (Å²) >= 11 is 0. The van der Waals surface area contributed by atoms with E-state index >= 15 is 0 Å². The molecule has 0 fully saturated rings. The lowest BCUT2D eigenvalue weighted by Gasteiger charge is -2.12. The summed E-state index contributed by atoms with van der Waals surface area (Å²) in [5, 5.41) is 3.11. The lowest BCUT2D eigenvalue weighted by molar-refractivity contribution is 0.0643. The Labute approximate surface area is 121 Å². The van der Waals surface area contributed by atoms with E-state index in [4.69, 9.17) is 18.9 Å². The highest BCUT2D eigenvalue weighted by molar-refractivity contribution is 5.42. The smallest absolute Gasteiger partial charge is 0.161 e. The van der Waals surface area contributed by atoms with E-state index in [9.17, 15) is 0 Å². The summed E-state index contributed by atoms with van der Waals surface area (Å²) in [6.07, 6.45) is 0.838. The van der Waals surface area contributed by atoms with Gasteiger partial charge in [0, 0.05) is 26.7 Å². The maximum atomic E-state index is 5.71. The first-order chi connectivity index (χ1) is 9.81. The maximum Gasteiger partial charge on any atom is 0.161 e. The summed E-state index contributed by atoms with van der Waals surface area (Å²) in [4.78, 5) is 0. The van der Waals surface area contributed by atoms with Crippen LogP contribution in [0.25, 0.3) is 0 Å². The zero-order chi connectivity index (χ0) is 14.6. The van der Waals surface area contributed by atoms with E-state index in [0.29, 0.717) is 26.4 Å². The molecule has 1 rings (SSSR count). The molecule has 0 heterocycles. The van der Waals surface area contributed by atoms with Gasteiger partial charge < -0.3 is 24.3 Å². The van der Waals surface area contributed by atoms with Gasteiger partial charge in [-0.2, -0.15) is 0 Å². The fourth-order valence-corrected chi connectivity index (χ4v) is 1.73. The Morgan fingerprint density at radius 3 is 2.55 bits per heavy atom. The fourth-order valence-electron chi connectivity index (χ4n) is 1.73. The van der Waals surface area contributed by atoms with E-state index in [1.54, 1.807) is 14.2 Å². The number of hydrogen-bond acceptors (Lipinski definition) is 5. The number of methoxy groups -OCH3 is 2. The Morgan fingerprint density at radius 2 is 1.85 bits per heavy atom. The van der Waals surface area contributed by atoms with Crippen LogP contribution in [0.4, 0.5) is 0 Å². The van der Waals surface area contributed by atoms with E-state index in [-0.39, 0.29) is 0 Å². The van der Waals surface area contributed by atoms with Gasteiger partial charge in [-0.05, 0) is 24.7 Å².